The second-order valence-corrected chi connectivity index (χ2v) is 7.94. The lowest BCUT2D eigenvalue weighted by molar-refractivity contribution is 0.0324. The molecule has 1 fully saturated rings. The molecule has 1 aromatic carbocycles. The number of nitrogens with one attached hydrogen (secondary N) is 1. The zero-order valence-electron chi connectivity index (χ0n) is 14.2. The number of urea groups is 1. The molecule has 0 saturated heterocycles. The number of carbonyl (C=O) groups is 1. The molecule has 0 aromatic heterocycles. The Kier molecular flexibility index (Phi) is 5.93. The molecule has 1 aliphatic carbocycles. The van der Waals surface area contributed by atoms with Gasteiger partial charge in [0.15, 0.2) is 0 Å². The molecule has 2 rings (SSSR count). The van der Waals surface area contributed by atoms with Gasteiger partial charge in [0.2, 0.25) is 0 Å². The van der Waals surface area contributed by atoms with Crippen LogP contribution >= 0.6 is 11.6 Å². The summed E-state index contributed by atoms with van der Waals surface area (Å²) in [6, 6.07) is 7.80. The minimum atomic E-state index is -0.173. The third-order valence-corrected chi connectivity index (χ3v) is 4.61. The van der Waals surface area contributed by atoms with E-state index in [1.807, 2.05) is 25.2 Å². The fourth-order valence-corrected chi connectivity index (χ4v) is 3.24. The van der Waals surface area contributed by atoms with Gasteiger partial charge in [0.25, 0.3) is 0 Å². The molecule has 128 valence electrons. The number of aliphatic hydroxyl groups is 1. The Bertz CT molecular complexity index is 542. The first-order valence-corrected chi connectivity index (χ1v) is 8.54. The summed E-state index contributed by atoms with van der Waals surface area (Å²) >= 11 is 6.03. The summed E-state index contributed by atoms with van der Waals surface area (Å²) in [6.45, 7) is 5.58. The van der Waals surface area contributed by atoms with Gasteiger partial charge in [0, 0.05) is 25.2 Å². The van der Waals surface area contributed by atoms with Crippen LogP contribution in [-0.4, -0.2) is 42.3 Å². The maximum absolute atomic E-state index is 12.2. The van der Waals surface area contributed by atoms with Gasteiger partial charge in [-0.2, -0.15) is 0 Å². The van der Waals surface area contributed by atoms with Crippen LogP contribution in [0.3, 0.4) is 0 Å². The van der Waals surface area contributed by atoms with Crippen LogP contribution in [0.1, 0.15) is 32.3 Å². The molecule has 0 aliphatic heterocycles. The highest BCUT2D eigenvalue weighted by atomic mass is 35.5. The SMILES string of the molecule is CN(CC1CC(O)C1)C(=O)NCC(C)(C)Cc1cccc(Cl)c1. The molecule has 2 amide bonds. The zero-order chi connectivity index (χ0) is 17.0. The lowest BCUT2D eigenvalue weighted by atomic mass is 9.82. The molecule has 5 heteroatoms. The maximum atomic E-state index is 12.2. The number of hydrogen-bond acceptors (Lipinski definition) is 2. The number of carbonyl (C=O) groups excluding carboxylic acids is 1. The van der Waals surface area contributed by atoms with Crippen molar-refractivity contribution in [1.29, 1.82) is 0 Å². The van der Waals surface area contributed by atoms with E-state index >= 15 is 0 Å². The van der Waals surface area contributed by atoms with Crippen LogP contribution in [0.15, 0.2) is 24.3 Å². The summed E-state index contributed by atoms with van der Waals surface area (Å²) in [5.41, 5.74) is 1.13. The van der Waals surface area contributed by atoms with Gasteiger partial charge in [-0.1, -0.05) is 37.6 Å². The van der Waals surface area contributed by atoms with Crippen LogP contribution in [0.25, 0.3) is 0 Å². The van der Waals surface area contributed by atoms with Crippen LogP contribution in [0.5, 0.6) is 0 Å². The normalized spacial score (nSPS) is 20.7. The predicted molar refractivity (Wildman–Crippen MR) is 93.7 cm³/mol. The van der Waals surface area contributed by atoms with Crippen molar-refractivity contribution in [1.82, 2.24) is 10.2 Å². The molecule has 1 aromatic rings. The van der Waals surface area contributed by atoms with Crippen LogP contribution in [0, 0.1) is 11.3 Å². The number of benzene rings is 1. The van der Waals surface area contributed by atoms with Crippen molar-refractivity contribution in [2.45, 2.75) is 39.2 Å². The van der Waals surface area contributed by atoms with Crippen molar-refractivity contribution >= 4 is 17.6 Å². The fourth-order valence-electron chi connectivity index (χ4n) is 3.03. The molecule has 0 atom stereocenters. The molecule has 1 saturated carbocycles. The largest absolute Gasteiger partial charge is 0.393 e. The van der Waals surface area contributed by atoms with Gasteiger partial charge >= 0.3 is 6.03 Å². The van der Waals surface area contributed by atoms with Gasteiger partial charge in [-0.25, -0.2) is 4.79 Å². The van der Waals surface area contributed by atoms with Gasteiger partial charge in [-0.3, -0.25) is 0 Å². The van der Waals surface area contributed by atoms with Gasteiger partial charge < -0.3 is 15.3 Å². The Morgan fingerprint density at radius 2 is 2.13 bits per heavy atom. The van der Waals surface area contributed by atoms with E-state index in [1.54, 1.807) is 4.90 Å². The number of aliphatic hydroxyl groups excluding tert-OH is 1. The molecule has 23 heavy (non-hydrogen) atoms. The van der Waals surface area contributed by atoms with E-state index < -0.39 is 0 Å². The van der Waals surface area contributed by atoms with Crippen molar-refractivity contribution in [2.24, 2.45) is 11.3 Å². The molecule has 0 spiro atoms. The van der Waals surface area contributed by atoms with Crippen molar-refractivity contribution in [3.63, 3.8) is 0 Å². The summed E-state index contributed by atoms with van der Waals surface area (Å²) in [5, 5.41) is 13.1. The quantitative estimate of drug-likeness (QED) is 0.836. The molecule has 0 bridgehead atoms. The lowest BCUT2D eigenvalue weighted by Crippen LogP contribution is -2.46. The third-order valence-electron chi connectivity index (χ3n) is 4.38. The lowest BCUT2D eigenvalue weighted by Gasteiger charge is -2.35. The Labute approximate surface area is 143 Å². The minimum absolute atomic E-state index is 0.0478. The van der Waals surface area contributed by atoms with Crippen LogP contribution in [-0.2, 0) is 6.42 Å². The first-order chi connectivity index (χ1) is 10.7. The van der Waals surface area contributed by atoms with Gasteiger partial charge in [-0.05, 0) is 48.3 Å². The van der Waals surface area contributed by atoms with Crippen LogP contribution in [0.2, 0.25) is 5.02 Å². The molecule has 2 N–H and O–H groups in total. The van der Waals surface area contributed by atoms with E-state index in [0.717, 1.165) is 24.3 Å². The number of nitrogens with zero attached hydrogens (tertiary/aromatic N) is 1. The van der Waals surface area contributed by atoms with Crippen molar-refractivity contribution in [2.75, 3.05) is 20.1 Å². The third kappa shape index (κ3) is 5.70. The molecule has 0 heterocycles. The van der Waals surface area contributed by atoms with E-state index in [9.17, 15) is 9.90 Å². The summed E-state index contributed by atoms with van der Waals surface area (Å²) in [4.78, 5) is 13.9. The smallest absolute Gasteiger partial charge is 0.317 e. The average molecular weight is 339 g/mol. The Hall–Kier alpha value is -1.26. The number of halogens is 1. The maximum Gasteiger partial charge on any atom is 0.317 e. The highest BCUT2D eigenvalue weighted by Gasteiger charge is 2.29. The highest BCUT2D eigenvalue weighted by molar-refractivity contribution is 6.30. The number of rotatable bonds is 6. The summed E-state index contributed by atoms with van der Waals surface area (Å²) in [7, 11) is 1.81. The monoisotopic (exact) mass is 338 g/mol. The minimum Gasteiger partial charge on any atom is -0.393 e. The van der Waals surface area contributed by atoms with Crippen LogP contribution < -0.4 is 5.32 Å². The van der Waals surface area contributed by atoms with Gasteiger partial charge in [-0.15, -0.1) is 0 Å². The van der Waals surface area contributed by atoms with Crippen molar-refractivity contribution in [3.05, 3.63) is 34.9 Å². The van der Waals surface area contributed by atoms with Gasteiger partial charge in [0.1, 0.15) is 0 Å². The first kappa shape index (κ1) is 18.1. The van der Waals surface area contributed by atoms with Crippen molar-refractivity contribution < 1.29 is 9.90 Å². The second-order valence-electron chi connectivity index (χ2n) is 7.50. The van der Waals surface area contributed by atoms with E-state index in [1.165, 1.54) is 5.56 Å². The van der Waals surface area contributed by atoms with Gasteiger partial charge in [0.05, 0.1) is 6.10 Å². The number of amides is 2. The Balaban J connectivity index is 1.77. The number of hydrogen-bond donors (Lipinski definition) is 2. The summed E-state index contributed by atoms with van der Waals surface area (Å²) in [5.74, 6) is 0.431. The molecular weight excluding hydrogens is 312 g/mol. The topological polar surface area (TPSA) is 52.6 Å². The molecule has 4 nitrogen and oxygen atoms in total. The van der Waals surface area contributed by atoms with E-state index in [0.29, 0.717) is 19.0 Å². The summed E-state index contributed by atoms with van der Waals surface area (Å²) in [6.07, 6.45) is 2.29. The molecular formula is C18H27ClN2O2. The fraction of sp³-hybridized carbons (Fsp3) is 0.611. The van der Waals surface area contributed by atoms with Crippen LogP contribution in [0.4, 0.5) is 4.79 Å². The second kappa shape index (κ2) is 7.54. The Morgan fingerprint density at radius 3 is 2.74 bits per heavy atom. The molecule has 0 radical (unpaired) electrons. The predicted octanol–water partition coefficient (Wildman–Crippen LogP) is 3.32. The molecule has 1 aliphatic rings. The van der Waals surface area contributed by atoms with E-state index in [4.69, 9.17) is 11.6 Å². The first-order valence-electron chi connectivity index (χ1n) is 8.17. The summed E-state index contributed by atoms with van der Waals surface area (Å²) < 4.78 is 0. The standard InChI is InChI=1S/C18H27ClN2O2/c1-18(2,10-13-5-4-6-15(19)7-13)12-20-17(23)21(3)11-14-8-16(22)9-14/h4-7,14,16,22H,8-12H2,1-3H3,(H,20,23). The zero-order valence-corrected chi connectivity index (χ0v) is 14.9. The average Bonchev–Trinajstić information content (AvgIpc) is 2.42. The van der Waals surface area contributed by atoms with Crippen molar-refractivity contribution in [3.8, 4) is 0 Å². The Morgan fingerprint density at radius 1 is 1.43 bits per heavy atom. The van der Waals surface area contributed by atoms with E-state index in [2.05, 4.69) is 25.2 Å². The van der Waals surface area contributed by atoms with E-state index in [-0.39, 0.29) is 17.6 Å². The highest BCUT2D eigenvalue weighted by Crippen LogP contribution is 2.27. The molecule has 0 unspecified atom stereocenters.